The number of hydrogen-bond acceptors (Lipinski definition) is 2. The van der Waals surface area contributed by atoms with Gasteiger partial charge in [0.2, 0.25) is 0 Å². The normalized spacial score (nSPS) is 12.8. The highest BCUT2D eigenvalue weighted by molar-refractivity contribution is 7.13. The summed E-state index contributed by atoms with van der Waals surface area (Å²) in [6.45, 7) is 4.35. The Bertz CT molecular complexity index is 748. The molecule has 1 heterocycles. The van der Waals surface area contributed by atoms with E-state index in [1.807, 2.05) is 30.3 Å². The van der Waals surface area contributed by atoms with Gasteiger partial charge in [-0.15, -0.1) is 11.3 Å². The Morgan fingerprint density at radius 2 is 1.90 bits per heavy atom. The van der Waals surface area contributed by atoms with E-state index in [0.29, 0.717) is 11.3 Å². The van der Waals surface area contributed by atoms with E-state index in [2.05, 4.69) is 19.2 Å². The third kappa shape index (κ3) is 2.22. The zero-order valence-electron chi connectivity index (χ0n) is 11.6. The Hall–Kier alpha value is -1.74. The number of fused-ring (bicyclic) bond motifs is 1. The monoisotopic (exact) mass is 285 g/mol. The van der Waals surface area contributed by atoms with Crippen LogP contribution in [0.5, 0.6) is 0 Å². The van der Waals surface area contributed by atoms with E-state index >= 15 is 0 Å². The molecule has 3 rings (SSSR count). The maximum absolute atomic E-state index is 13.9. The first-order valence-electron chi connectivity index (χ1n) is 6.83. The van der Waals surface area contributed by atoms with Gasteiger partial charge in [0.1, 0.15) is 10.8 Å². The minimum atomic E-state index is -0.178. The highest BCUT2D eigenvalue weighted by Gasteiger charge is 2.13. The predicted octanol–water partition coefficient (Wildman–Crippen LogP) is 5.62. The lowest BCUT2D eigenvalue weighted by molar-refractivity contribution is 0.640. The number of nitrogens with zero attached hydrogens (tertiary/aromatic N) is 1. The minimum absolute atomic E-state index is 0.178. The predicted molar refractivity (Wildman–Crippen MR) is 83.7 cm³/mol. The Kier molecular flexibility index (Phi) is 3.53. The van der Waals surface area contributed by atoms with Crippen LogP contribution in [0, 0.1) is 5.82 Å². The number of thiazole rings is 1. The maximum atomic E-state index is 13.9. The smallest absolute Gasteiger partial charge is 0.131 e. The van der Waals surface area contributed by atoms with E-state index in [1.165, 1.54) is 6.07 Å². The maximum Gasteiger partial charge on any atom is 0.131 e. The number of hydrogen-bond donors (Lipinski definition) is 0. The Labute approximate surface area is 122 Å². The lowest BCUT2D eigenvalue weighted by Crippen LogP contribution is -1.91. The molecule has 0 aliphatic heterocycles. The molecule has 20 heavy (non-hydrogen) atoms. The molecule has 0 saturated heterocycles. The SMILES string of the molecule is CCC(C)c1csc(-c2ccc(F)c3ccccc23)n1. The quantitative estimate of drug-likeness (QED) is 0.609. The van der Waals surface area contributed by atoms with Crippen LogP contribution in [0.2, 0.25) is 0 Å². The summed E-state index contributed by atoms with van der Waals surface area (Å²) in [4.78, 5) is 4.73. The molecule has 3 heteroatoms. The molecule has 0 spiro atoms. The van der Waals surface area contributed by atoms with Gasteiger partial charge in [0.05, 0.1) is 5.69 Å². The second kappa shape index (κ2) is 5.33. The van der Waals surface area contributed by atoms with Gasteiger partial charge in [-0.05, 0) is 29.9 Å². The van der Waals surface area contributed by atoms with Crippen LogP contribution >= 0.6 is 11.3 Å². The second-order valence-electron chi connectivity index (χ2n) is 5.03. The third-order valence-electron chi connectivity index (χ3n) is 3.74. The molecule has 1 atom stereocenters. The number of benzene rings is 2. The topological polar surface area (TPSA) is 12.9 Å². The Morgan fingerprint density at radius 1 is 1.15 bits per heavy atom. The molecule has 0 fully saturated rings. The fraction of sp³-hybridized carbons (Fsp3) is 0.235. The molecule has 0 aliphatic carbocycles. The van der Waals surface area contributed by atoms with E-state index in [0.717, 1.165) is 28.1 Å². The largest absolute Gasteiger partial charge is 0.241 e. The standard InChI is InChI=1S/C17H16FNS/c1-3-11(2)16-10-20-17(19-16)14-8-9-15(18)13-7-5-4-6-12(13)14/h4-11H,3H2,1-2H3. The van der Waals surface area contributed by atoms with Crippen LogP contribution in [0.1, 0.15) is 31.9 Å². The summed E-state index contributed by atoms with van der Waals surface area (Å²) in [6, 6.07) is 10.9. The average Bonchev–Trinajstić information content (AvgIpc) is 2.97. The second-order valence-corrected chi connectivity index (χ2v) is 5.89. The van der Waals surface area contributed by atoms with Crippen LogP contribution in [0.4, 0.5) is 4.39 Å². The summed E-state index contributed by atoms with van der Waals surface area (Å²) in [5.41, 5.74) is 2.14. The zero-order chi connectivity index (χ0) is 14.1. The Morgan fingerprint density at radius 3 is 2.65 bits per heavy atom. The van der Waals surface area contributed by atoms with Crippen LogP contribution in [0.25, 0.3) is 21.3 Å². The molecule has 2 aromatic carbocycles. The first kappa shape index (κ1) is 13.3. The van der Waals surface area contributed by atoms with Gasteiger partial charge < -0.3 is 0 Å². The fourth-order valence-electron chi connectivity index (χ4n) is 2.29. The van der Waals surface area contributed by atoms with Crippen molar-refractivity contribution in [2.75, 3.05) is 0 Å². The molecule has 0 saturated carbocycles. The molecule has 0 bridgehead atoms. The number of halogens is 1. The Balaban J connectivity index is 2.15. The van der Waals surface area contributed by atoms with Crippen molar-refractivity contribution in [2.24, 2.45) is 0 Å². The van der Waals surface area contributed by atoms with Crippen LogP contribution in [0.3, 0.4) is 0 Å². The molecule has 0 aliphatic rings. The third-order valence-corrected chi connectivity index (χ3v) is 4.63. The fourth-order valence-corrected chi connectivity index (χ4v) is 3.27. The van der Waals surface area contributed by atoms with Crippen LogP contribution in [0.15, 0.2) is 41.8 Å². The van der Waals surface area contributed by atoms with Gasteiger partial charge in [-0.25, -0.2) is 9.37 Å². The summed E-state index contributed by atoms with van der Waals surface area (Å²) < 4.78 is 13.9. The van der Waals surface area contributed by atoms with E-state index in [1.54, 1.807) is 11.3 Å². The van der Waals surface area contributed by atoms with Crippen molar-refractivity contribution in [3.8, 4) is 10.6 Å². The summed E-state index contributed by atoms with van der Waals surface area (Å²) in [5, 5.41) is 4.67. The highest BCUT2D eigenvalue weighted by atomic mass is 32.1. The van der Waals surface area contributed by atoms with Crippen molar-refractivity contribution in [2.45, 2.75) is 26.2 Å². The first-order valence-corrected chi connectivity index (χ1v) is 7.71. The van der Waals surface area contributed by atoms with Crippen LogP contribution in [-0.2, 0) is 0 Å². The van der Waals surface area contributed by atoms with Gasteiger partial charge in [-0.2, -0.15) is 0 Å². The van der Waals surface area contributed by atoms with Gasteiger partial charge in [0, 0.05) is 16.3 Å². The van der Waals surface area contributed by atoms with E-state index < -0.39 is 0 Å². The van der Waals surface area contributed by atoms with Gasteiger partial charge in [0.25, 0.3) is 0 Å². The summed E-state index contributed by atoms with van der Waals surface area (Å²) in [7, 11) is 0. The molecular formula is C17H16FNS. The average molecular weight is 285 g/mol. The molecule has 1 nitrogen and oxygen atoms in total. The van der Waals surface area contributed by atoms with Gasteiger partial charge in [-0.1, -0.05) is 38.1 Å². The molecule has 1 aromatic heterocycles. The minimum Gasteiger partial charge on any atom is -0.241 e. The molecule has 0 amide bonds. The molecule has 1 unspecified atom stereocenters. The first-order chi connectivity index (χ1) is 9.70. The molecule has 0 radical (unpaired) electrons. The lowest BCUT2D eigenvalue weighted by Gasteiger charge is -2.05. The molecule has 3 aromatic rings. The van der Waals surface area contributed by atoms with Crippen molar-refractivity contribution in [3.63, 3.8) is 0 Å². The molecule has 0 N–H and O–H groups in total. The van der Waals surface area contributed by atoms with Crippen molar-refractivity contribution >= 4 is 22.1 Å². The van der Waals surface area contributed by atoms with Crippen LogP contribution < -0.4 is 0 Å². The van der Waals surface area contributed by atoms with Gasteiger partial charge in [-0.3, -0.25) is 0 Å². The summed E-state index contributed by atoms with van der Waals surface area (Å²) in [5.74, 6) is 0.287. The highest BCUT2D eigenvalue weighted by Crippen LogP contribution is 2.33. The van der Waals surface area contributed by atoms with Crippen LogP contribution in [-0.4, -0.2) is 4.98 Å². The van der Waals surface area contributed by atoms with Crippen molar-refractivity contribution in [1.29, 1.82) is 0 Å². The van der Waals surface area contributed by atoms with Crippen molar-refractivity contribution in [1.82, 2.24) is 4.98 Å². The van der Waals surface area contributed by atoms with E-state index in [4.69, 9.17) is 4.98 Å². The molecule has 102 valence electrons. The van der Waals surface area contributed by atoms with E-state index in [9.17, 15) is 4.39 Å². The number of rotatable bonds is 3. The zero-order valence-corrected chi connectivity index (χ0v) is 12.4. The van der Waals surface area contributed by atoms with Gasteiger partial charge in [0.15, 0.2) is 0 Å². The number of aromatic nitrogens is 1. The lowest BCUT2D eigenvalue weighted by atomic mass is 10.0. The summed E-state index contributed by atoms with van der Waals surface area (Å²) in [6.07, 6.45) is 1.08. The molecular weight excluding hydrogens is 269 g/mol. The van der Waals surface area contributed by atoms with Gasteiger partial charge >= 0.3 is 0 Å². The van der Waals surface area contributed by atoms with Crippen molar-refractivity contribution < 1.29 is 4.39 Å². The summed E-state index contributed by atoms with van der Waals surface area (Å²) >= 11 is 1.63. The van der Waals surface area contributed by atoms with E-state index in [-0.39, 0.29) is 5.82 Å². The van der Waals surface area contributed by atoms with Crippen molar-refractivity contribution in [3.05, 3.63) is 53.3 Å².